The molecule has 3 nitrogen and oxygen atoms in total. The van der Waals surface area contributed by atoms with E-state index in [0.717, 1.165) is 37.2 Å². The molecule has 1 unspecified atom stereocenters. The van der Waals surface area contributed by atoms with Gasteiger partial charge in [0.1, 0.15) is 5.75 Å². The van der Waals surface area contributed by atoms with Gasteiger partial charge in [0.15, 0.2) is 0 Å². The van der Waals surface area contributed by atoms with Gasteiger partial charge in [0.05, 0.1) is 18.6 Å². The van der Waals surface area contributed by atoms with E-state index < -0.39 is 0 Å². The second kappa shape index (κ2) is 8.12. The molecule has 1 aliphatic heterocycles. The van der Waals surface area contributed by atoms with Crippen molar-refractivity contribution in [2.75, 3.05) is 6.61 Å². The predicted molar refractivity (Wildman–Crippen MR) is 102 cm³/mol. The summed E-state index contributed by atoms with van der Waals surface area (Å²) in [5.41, 5.74) is 1.18. The lowest BCUT2D eigenvalue weighted by Crippen LogP contribution is -2.30. The molecule has 1 atom stereocenters. The lowest BCUT2D eigenvalue weighted by Gasteiger charge is -2.37. The van der Waals surface area contributed by atoms with Crippen molar-refractivity contribution in [2.24, 2.45) is 23.7 Å². The van der Waals surface area contributed by atoms with Crippen molar-refractivity contribution in [3.63, 3.8) is 0 Å². The summed E-state index contributed by atoms with van der Waals surface area (Å²) in [6.07, 6.45) is 11.9. The minimum Gasteiger partial charge on any atom is -0.426 e. The normalized spacial score (nSPS) is 34.3. The summed E-state index contributed by atoms with van der Waals surface area (Å²) in [5, 5.41) is 0. The van der Waals surface area contributed by atoms with Crippen molar-refractivity contribution >= 4 is 5.97 Å². The molecule has 3 aliphatic rings. The molecule has 1 saturated heterocycles. The quantitative estimate of drug-likeness (QED) is 0.408. The Kier molecular flexibility index (Phi) is 5.63. The van der Waals surface area contributed by atoms with Crippen LogP contribution >= 0.6 is 0 Å². The van der Waals surface area contributed by atoms with E-state index in [1.54, 1.807) is 0 Å². The fraction of sp³-hybridized carbons (Fsp3) is 0.696. The minimum atomic E-state index is -0.0274. The minimum absolute atomic E-state index is 0.0274. The summed E-state index contributed by atoms with van der Waals surface area (Å²) in [7, 11) is 0. The van der Waals surface area contributed by atoms with Gasteiger partial charge in [-0.1, -0.05) is 30.5 Å². The van der Waals surface area contributed by atoms with Gasteiger partial charge in [-0.2, -0.15) is 0 Å². The van der Waals surface area contributed by atoms with E-state index in [0.29, 0.717) is 11.9 Å². The largest absolute Gasteiger partial charge is 0.426 e. The molecule has 3 heteroatoms. The first kappa shape index (κ1) is 18.0. The topological polar surface area (TPSA) is 38.8 Å². The van der Waals surface area contributed by atoms with Gasteiger partial charge < -0.3 is 9.47 Å². The third-order valence-electron chi connectivity index (χ3n) is 6.90. The van der Waals surface area contributed by atoms with Crippen molar-refractivity contribution in [1.82, 2.24) is 0 Å². The van der Waals surface area contributed by atoms with E-state index in [4.69, 9.17) is 9.47 Å². The molecule has 2 saturated carbocycles. The van der Waals surface area contributed by atoms with Crippen LogP contribution in [0, 0.1) is 30.6 Å². The highest BCUT2D eigenvalue weighted by Crippen LogP contribution is 2.43. The van der Waals surface area contributed by atoms with Crippen LogP contribution in [0.4, 0.5) is 0 Å². The lowest BCUT2D eigenvalue weighted by atomic mass is 9.68. The van der Waals surface area contributed by atoms with Crippen LogP contribution in [0.25, 0.3) is 0 Å². The third kappa shape index (κ3) is 4.68. The van der Waals surface area contributed by atoms with E-state index in [2.05, 4.69) is 0 Å². The van der Waals surface area contributed by atoms with Crippen molar-refractivity contribution in [2.45, 2.75) is 70.8 Å². The van der Waals surface area contributed by atoms with Crippen LogP contribution in [0.15, 0.2) is 24.3 Å². The molecule has 0 amide bonds. The van der Waals surface area contributed by atoms with Crippen LogP contribution in [0.2, 0.25) is 0 Å². The van der Waals surface area contributed by atoms with Crippen LogP contribution in [-0.4, -0.2) is 18.7 Å². The molecule has 3 fully saturated rings. The van der Waals surface area contributed by atoms with Gasteiger partial charge in [0, 0.05) is 0 Å². The van der Waals surface area contributed by atoms with Crippen molar-refractivity contribution in [3.8, 4) is 5.75 Å². The molecule has 26 heavy (non-hydrogen) atoms. The van der Waals surface area contributed by atoms with E-state index in [9.17, 15) is 4.79 Å². The number of epoxide rings is 1. The number of rotatable bonds is 5. The second-order valence-corrected chi connectivity index (χ2v) is 8.82. The Balaban J connectivity index is 1.20. The number of ether oxygens (including phenoxy) is 2. The van der Waals surface area contributed by atoms with Gasteiger partial charge in [-0.15, -0.1) is 0 Å². The number of benzene rings is 1. The van der Waals surface area contributed by atoms with Gasteiger partial charge in [-0.25, -0.2) is 0 Å². The number of hydrogen-bond donors (Lipinski definition) is 0. The summed E-state index contributed by atoms with van der Waals surface area (Å²) in [5.74, 6) is 3.37. The monoisotopic (exact) mass is 356 g/mol. The van der Waals surface area contributed by atoms with E-state index in [1.165, 1.54) is 50.5 Å². The molecule has 1 heterocycles. The Morgan fingerprint density at radius 2 is 1.54 bits per heavy atom. The van der Waals surface area contributed by atoms with Crippen molar-refractivity contribution < 1.29 is 14.3 Å². The highest BCUT2D eigenvalue weighted by molar-refractivity contribution is 5.75. The zero-order valence-electron chi connectivity index (χ0n) is 16.0. The zero-order valence-corrected chi connectivity index (χ0v) is 16.0. The smallest absolute Gasteiger partial charge is 0.314 e. The molecule has 142 valence electrons. The summed E-state index contributed by atoms with van der Waals surface area (Å²) in [4.78, 5) is 12.5. The fourth-order valence-electron chi connectivity index (χ4n) is 5.10. The molecule has 0 bridgehead atoms. The maximum Gasteiger partial charge on any atom is 0.314 e. The Labute approximate surface area is 157 Å². The summed E-state index contributed by atoms with van der Waals surface area (Å²) in [6, 6.07) is 7.77. The van der Waals surface area contributed by atoms with Gasteiger partial charge in [-0.3, -0.25) is 4.79 Å². The maximum absolute atomic E-state index is 12.5. The first-order valence-electron chi connectivity index (χ1n) is 10.6. The SMILES string of the molecule is Cc1ccc(OC(=O)C2CCC(C3CCC(CC4CO4)CC3)CC2)cc1. The fourth-order valence-corrected chi connectivity index (χ4v) is 5.10. The molecule has 1 aromatic carbocycles. The molecule has 0 spiro atoms. The first-order chi connectivity index (χ1) is 12.7. The molecular weight excluding hydrogens is 324 g/mol. The Morgan fingerprint density at radius 3 is 2.12 bits per heavy atom. The van der Waals surface area contributed by atoms with Crippen molar-refractivity contribution in [1.29, 1.82) is 0 Å². The highest BCUT2D eigenvalue weighted by atomic mass is 16.6. The van der Waals surface area contributed by atoms with Crippen LogP contribution in [0.3, 0.4) is 0 Å². The van der Waals surface area contributed by atoms with Crippen LogP contribution in [0.1, 0.15) is 63.4 Å². The number of carbonyl (C=O) groups excluding carboxylic acids is 1. The van der Waals surface area contributed by atoms with E-state index >= 15 is 0 Å². The van der Waals surface area contributed by atoms with Crippen LogP contribution in [-0.2, 0) is 9.53 Å². The first-order valence-corrected chi connectivity index (χ1v) is 10.6. The molecule has 2 aliphatic carbocycles. The Bertz CT molecular complexity index is 588. The summed E-state index contributed by atoms with van der Waals surface area (Å²) < 4.78 is 11.0. The molecule has 1 aromatic rings. The highest BCUT2D eigenvalue weighted by Gasteiger charge is 2.35. The van der Waals surface area contributed by atoms with E-state index in [1.807, 2.05) is 31.2 Å². The molecule has 4 rings (SSSR count). The molecule has 0 radical (unpaired) electrons. The van der Waals surface area contributed by atoms with Crippen LogP contribution in [0.5, 0.6) is 5.75 Å². The number of aryl methyl sites for hydroxylation is 1. The molecular formula is C23H32O3. The van der Waals surface area contributed by atoms with Gasteiger partial charge >= 0.3 is 5.97 Å². The van der Waals surface area contributed by atoms with Gasteiger partial charge in [0.25, 0.3) is 0 Å². The number of carbonyl (C=O) groups is 1. The van der Waals surface area contributed by atoms with Gasteiger partial charge in [-0.05, 0) is 81.8 Å². The molecule has 0 N–H and O–H groups in total. The van der Waals surface area contributed by atoms with E-state index in [-0.39, 0.29) is 11.9 Å². The molecule has 0 aromatic heterocycles. The maximum atomic E-state index is 12.5. The number of hydrogen-bond acceptors (Lipinski definition) is 3. The average Bonchev–Trinajstić information content (AvgIpc) is 3.48. The average molecular weight is 357 g/mol. The second-order valence-electron chi connectivity index (χ2n) is 8.82. The number of esters is 1. The van der Waals surface area contributed by atoms with Crippen LogP contribution < -0.4 is 4.74 Å². The van der Waals surface area contributed by atoms with Gasteiger partial charge in [0.2, 0.25) is 0 Å². The zero-order chi connectivity index (χ0) is 17.9. The van der Waals surface area contributed by atoms with Crippen molar-refractivity contribution in [3.05, 3.63) is 29.8 Å². The standard InChI is InChI=1S/C23H32O3/c1-16-2-12-21(13-3-16)26-23(24)20-10-8-19(9-11-20)18-6-4-17(5-7-18)14-22-15-25-22/h2-3,12-13,17-20,22H,4-11,14-15H2,1H3. The third-order valence-corrected chi connectivity index (χ3v) is 6.90. The Hall–Kier alpha value is -1.35. The summed E-state index contributed by atoms with van der Waals surface area (Å²) >= 11 is 0. The summed E-state index contributed by atoms with van der Waals surface area (Å²) in [6.45, 7) is 3.04. The lowest BCUT2D eigenvalue weighted by molar-refractivity contribution is -0.140. The predicted octanol–water partition coefficient (Wildman–Crippen LogP) is 5.30. The Morgan fingerprint density at radius 1 is 0.962 bits per heavy atom.